The van der Waals surface area contributed by atoms with Crippen molar-refractivity contribution in [3.8, 4) is 0 Å². The number of anilines is 2. The van der Waals surface area contributed by atoms with Gasteiger partial charge < -0.3 is 4.90 Å². The molecule has 5 aliphatic carbocycles. The van der Waals surface area contributed by atoms with E-state index in [4.69, 9.17) is 0 Å². The number of hydrogen-bond acceptors (Lipinski definition) is 6. The molecule has 256 valence electrons. The van der Waals surface area contributed by atoms with Gasteiger partial charge in [-0.1, -0.05) is 74.9 Å². The maximum Gasteiger partial charge on any atom is 0.0416 e. The third-order valence-electron chi connectivity index (χ3n) is 15.1. The van der Waals surface area contributed by atoms with E-state index in [-0.39, 0.29) is 0 Å². The molecule has 0 amide bonds. The molecule has 0 aromatic heterocycles. The minimum Gasteiger partial charge on any atom is -0.338 e. The molecule has 4 saturated heterocycles. The molecule has 0 radical (unpaired) electrons. The molecule has 2 aromatic carbocycles. The van der Waals surface area contributed by atoms with Gasteiger partial charge in [-0.25, -0.2) is 0 Å². The zero-order valence-electron chi connectivity index (χ0n) is 28.8. The fourth-order valence-electron chi connectivity index (χ4n) is 13.8. The van der Waals surface area contributed by atoms with E-state index in [1.54, 1.807) is 0 Å². The van der Waals surface area contributed by atoms with Crippen molar-refractivity contribution in [3.63, 3.8) is 0 Å². The lowest BCUT2D eigenvalue weighted by atomic mass is 9.66. The van der Waals surface area contributed by atoms with Gasteiger partial charge in [-0.05, 0) is 88.5 Å². The Bertz CT molecular complexity index is 1350. The van der Waals surface area contributed by atoms with Gasteiger partial charge >= 0.3 is 0 Å². The first-order valence-electron chi connectivity index (χ1n) is 20.4. The smallest absolute Gasteiger partial charge is 0.0416 e. The van der Waals surface area contributed by atoms with Crippen LogP contribution in [0.5, 0.6) is 0 Å². The average molecular weight is 681 g/mol. The lowest BCUT2D eigenvalue weighted by molar-refractivity contribution is -0.209. The molecule has 48 heavy (non-hydrogen) atoms. The van der Waals surface area contributed by atoms with E-state index >= 15 is 0 Å². The van der Waals surface area contributed by atoms with Crippen LogP contribution in [0.1, 0.15) is 103 Å². The lowest BCUT2D eigenvalue weighted by Crippen LogP contribution is -2.87. The van der Waals surface area contributed by atoms with Crippen LogP contribution < -0.4 is 4.90 Å². The number of thioether (sulfide) groups is 2. The minimum atomic E-state index is 0.522. The summed E-state index contributed by atoms with van der Waals surface area (Å²) in [6, 6.07) is 30.4. The molecular weight excluding hydrogens is 625 g/mol. The quantitative estimate of drug-likeness (QED) is 0.320. The van der Waals surface area contributed by atoms with Crippen molar-refractivity contribution in [1.82, 2.24) is 14.7 Å². The molecule has 9 aliphatic rings. The summed E-state index contributed by atoms with van der Waals surface area (Å²) in [5.41, 5.74) is 2.79. The summed E-state index contributed by atoms with van der Waals surface area (Å²) in [5, 5.41) is 3.44. The van der Waals surface area contributed by atoms with E-state index in [2.05, 4.69) is 104 Å². The summed E-state index contributed by atoms with van der Waals surface area (Å²) in [7, 11) is 0. The summed E-state index contributed by atoms with van der Waals surface area (Å²) in [4.78, 5) is 12.9. The number of benzene rings is 2. The van der Waals surface area contributed by atoms with Crippen molar-refractivity contribution in [2.75, 3.05) is 4.90 Å². The first-order valence-corrected chi connectivity index (χ1v) is 22.2. The Morgan fingerprint density at radius 3 is 1.33 bits per heavy atom. The zero-order chi connectivity index (χ0) is 31.3. The Kier molecular flexibility index (Phi) is 7.75. The van der Waals surface area contributed by atoms with E-state index in [1.165, 1.54) is 114 Å². The van der Waals surface area contributed by atoms with E-state index < -0.39 is 0 Å². The molecule has 12 atom stereocenters. The third kappa shape index (κ3) is 4.60. The molecule has 0 bridgehead atoms. The molecule has 6 heteroatoms. The molecule has 4 heterocycles. The highest BCUT2D eigenvalue weighted by Gasteiger charge is 2.67. The van der Waals surface area contributed by atoms with Crippen LogP contribution in [0.15, 0.2) is 60.7 Å². The van der Waals surface area contributed by atoms with Crippen molar-refractivity contribution in [3.05, 3.63) is 60.7 Å². The van der Waals surface area contributed by atoms with Crippen LogP contribution in [0.25, 0.3) is 0 Å². The molecule has 0 N–H and O–H groups in total. The highest BCUT2D eigenvalue weighted by atomic mass is 32.2. The predicted molar refractivity (Wildman–Crippen MR) is 203 cm³/mol. The SMILES string of the molecule is c1ccc(N(c2ccccc2)C2CC3C4C(C2)N2C5CCCCC5SC5CCCC(C52)N4C2CCCC4SC5CCCCC5N3C42)cc1. The van der Waals surface area contributed by atoms with Crippen LogP contribution in [0.4, 0.5) is 11.4 Å². The summed E-state index contributed by atoms with van der Waals surface area (Å²) in [5.74, 6) is 0. The molecular formula is C42H56N4S2. The van der Waals surface area contributed by atoms with Crippen LogP contribution in [0, 0.1) is 0 Å². The van der Waals surface area contributed by atoms with Crippen LogP contribution in [0.3, 0.4) is 0 Å². The highest BCUT2D eigenvalue weighted by molar-refractivity contribution is 8.00. The topological polar surface area (TPSA) is 13.0 Å². The van der Waals surface area contributed by atoms with E-state index in [1.807, 2.05) is 0 Å². The molecule has 12 unspecified atom stereocenters. The Balaban J connectivity index is 1.09. The van der Waals surface area contributed by atoms with E-state index in [0.29, 0.717) is 24.2 Å². The molecule has 2 aromatic rings. The lowest BCUT2D eigenvalue weighted by Gasteiger charge is -2.75. The molecule has 0 spiro atoms. The van der Waals surface area contributed by atoms with Crippen LogP contribution in [-0.4, -0.2) is 96.1 Å². The van der Waals surface area contributed by atoms with E-state index in [9.17, 15) is 0 Å². The van der Waals surface area contributed by atoms with Gasteiger partial charge in [-0.3, -0.25) is 14.7 Å². The average Bonchev–Trinajstić information content (AvgIpc) is 3.14. The fraction of sp³-hybridized carbons (Fsp3) is 0.714. The third-order valence-corrected chi connectivity index (χ3v) is 18.7. The van der Waals surface area contributed by atoms with Crippen LogP contribution in [0.2, 0.25) is 0 Å². The van der Waals surface area contributed by atoms with Gasteiger partial charge in [0.2, 0.25) is 0 Å². The van der Waals surface area contributed by atoms with Gasteiger partial charge in [0, 0.05) is 92.8 Å². The summed E-state index contributed by atoms with van der Waals surface area (Å²) in [6.45, 7) is 0. The molecule has 4 nitrogen and oxygen atoms in total. The van der Waals surface area contributed by atoms with E-state index in [0.717, 1.165) is 57.3 Å². The Labute approximate surface area is 298 Å². The number of piperazine rings is 2. The maximum absolute atomic E-state index is 3.38. The van der Waals surface area contributed by atoms with Crippen molar-refractivity contribution >= 4 is 34.9 Å². The number of rotatable bonds is 3. The number of para-hydroxylation sites is 2. The first-order chi connectivity index (χ1) is 23.8. The van der Waals surface area contributed by atoms with Crippen molar-refractivity contribution in [2.45, 2.75) is 184 Å². The number of nitrogens with zero attached hydrogens (tertiary/aromatic N) is 4. The standard InChI is InChI=1S/C42H56N4S2/c1-3-13-27(14-4-1)43(28-15-5-2-6-16-28)29-25-34-40-35(26-29)45-31-18-8-10-22-37(31)48-39-24-12-20-33(42(39)45)46(40)32-19-11-23-38-41(32)44(34)30-17-7-9-21-36(30)47-38/h1-6,13-16,29-42H,7-12,17-26H2. The Hall–Kier alpha value is -1.18. The second-order valence-corrected chi connectivity index (χ2v) is 20.2. The molecule has 5 saturated carbocycles. The van der Waals surface area contributed by atoms with Gasteiger partial charge in [-0.2, -0.15) is 23.5 Å². The van der Waals surface area contributed by atoms with Gasteiger partial charge in [-0.15, -0.1) is 0 Å². The van der Waals surface area contributed by atoms with Gasteiger partial charge in [0.15, 0.2) is 0 Å². The minimum absolute atomic E-state index is 0.522. The van der Waals surface area contributed by atoms with Gasteiger partial charge in [0.05, 0.1) is 0 Å². The second-order valence-electron chi connectivity index (χ2n) is 17.2. The van der Waals surface area contributed by atoms with Crippen molar-refractivity contribution < 1.29 is 0 Å². The number of fused-ring (bicyclic) bond motifs is 8. The Morgan fingerprint density at radius 1 is 0.417 bits per heavy atom. The van der Waals surface area contributed by atoms with Crippen molar-refractivity contribution in [2.24, 2.45) is 0 Å². The predicted octanol–water partition coefficient (Wildman–Crippen LogP) is 8.72. The molecule has 9 fully saturated rings. The number of hydrogen-bond donors (Lipinski definition) is 0. The van der Waals surface area contributed by atoms with Crippen LogP contribution in [-0.2, 0) is 0 Å². The van der Waals surface area contributed by atoms with Gasteiger partial charge in [0.25, 0.3) is 0 Å². The summed E-state index contributed by atoms with van der Waals surface area (Å²) >= 11 is 4.99. The maximum atomic E-state index is 3.38. The second kappa shape index (κ2) is 12.2. The fourth-order valence-corrected chi connectivity index (χ4v) is 17.8. The Morgan fingerprint density at radius 2 is 0.833 bits per heavy atom. The first kappa shape index (κ1) is 30.4. The molecule has 4 aliphatic heterocycles. The molecule has 11 rings (SSSR count). The monoisotopic (exact) mass is 680 g/mol. The van der Waals surface area contributed by atoms with Crippen LogP contribution >= 0.6 is 23.5 Å². The summed E-state index contributed by atoms with van der Waals surface area (Å²) in [6.07, 6.45) is 23.1. The normalized spacial score (nSPS) is 46.7. The largest absolute Gasteiger partial charge is 0.338 e. The summed E-state index contributed by atoms with van der Waals surface area (Å²) < 4.78 is 0. The highest BCUT2D eigenvalue weighted by Crippen LogP contribution is 2.59. The van der Waals surface area contributed by atoms with Crippen molar-refractivity contribution in [1.29, 1.82) is 0 Å². The van der Waals surface area contributed by atoms with Gasteiger partial charge in [0.1, 0.15) is 0 Å². The zero-order valence-corrected chi connectivity index (χ0v) is 30.4.